The molecule has 1 amide bonds. The van der Waals surface area contributed by atoms with E-state index < -0.39 is 0 Å². The number of fused-ring (bicyclic) bond motifs is 2. The summed E-state index contributed by atoms with van der Waals surface area (Å²) in [7, 11) is 3.57. The van der Waals surface area contributed by atoms with Crippen LogP contribution in [-0.4, -0.2) is 43.1 Å². The Balaban J connectivity index is 0.00000161. The van der Waals surface area contributed by atoms with Crippen LogP contribution in [-0.2, 0) is 0 Å². The molecule has 116 valence electrons. The highest BCUT2D eigenvalue weighted by molar-refractivity contribution is 5.94. The van der Waals surface area contributed by atoms with Gasteiger partial charge < -0.3 is 15.0 Å². The van der Waals surface area contributed by atoms with Crippen molar-refractivity contribution in [3.8, 4) is 5.75 Å². The first-order valence-electron chi connectivity index (χ1n) is 7.34. The number of nitrogens with zero attached hydrogens (tertiary/aromatic N) is 1. The van der Waals surface area contributed by atoms with Gasteiger partial charge in [-0.2, -0.15) is 0 Å². The van der Waals surface area contributed by atoms with Crippen molar-refractivity contribution >= 4 is 18.3 Å². The largest absolute Gasteiger partial charge is 0.497 e. The molecule has 0 saturated carbocycles. The van der Waals surface area contributed by atoms with Crippen LogP contribution in [0.1, 0.15) is 36.0 Å². The fraction of sp³-hybridized carbons (Fsp3) is 0.562. The Morgan fingerprint density at radius 2 is 1.76 bits per heavy atom. The fourth-order valence-corrected chi connectivity index (χ4v) is 3.45. The van der Waals surface area contributed by atoms with E-state index in [9.17, 15) is 4.79 Å². The predicted molar refractivity (Wildman–Crippen MR) is 85.3 cm³/mol. The maximum Gasteiger partial charge on any atom is 0.253 e. The molecule has 4 nitrogen and oxygen atoms in total. The second-order valence-corrected chi connectivity index (χ2v) is 5.91. The van der Waals surface area contributed by atoms with Crippen molar-refractivity contribution in [2.24, 2.45) is 0 Å². The van der Waals surface area contributed by atoms with Crippen molar-refractivity contribution in [2.45, 2.75) is 43.8 Å². The summed E-state index contributed by atoms with van der Waals surface area (Å²) in [5, 5.41) is 3.61. The Kier molecular flexibility index (Phi) is 5.12. The lowest BCUT2D eigenvalue weighted by molar-refractivity contribution is 0.0681. The highest BCUT2D eigenvalue weighted by Crippen LogP contribution is 2.29. The maximum absolute atomic E-state index is 12.5. The molecule has 0 aromatic heterocycles. The van der Waals surface area contributed by atoms with Gasteiger partial charge in [0, 0.05) is 30.7 Å². The van der Waals surface area contributed by atoms with E-state index in [1.54, 1.807) is 7.11 Å². The normalized spacial score (nSPS) is 26.9. The van der Waals surface area contributed by atoms with Crippen molar-refractivity contribution < 1.29 is 9.53 Å². The van der Waals surface area contributed by atoms with E-state index in [0.717, 1.165) is 24.2 Å². The van der Waals surface area contributed by atoms with Crippen LogP contribution in [0.25, 0.3) is 0 Å². The van der Waals surface area contributed by atoms with E-state index in [1.165, 1.54) is 12.8 Å². The lowest BCUT2D eigenvalue weighted by Gasteiger charge is -2.35. The smallest absolute Gasteiger partial charge is 0.253 e. The molecule has 2 saturated heterocycles. The van der Waals surface area contributed by atoms with Crippen molar-refractivity contribution in [1.29, 1.82) is 0 Å². The van der Waals surface area contributed by atoms with Gasteiger partial charge in [-0.15, -0.1) is 12.4 Å². The number of piperidine rings is 1. The molecule has 2 bridgehead atoms. The van der Waals surface area contributed by atoms with Gasteiger partial charge in [-0.3, -0.25) is 4.79 Å². The summed E-state index contributed by atoms with van der Waals surface area (Å²) >= 11 is 0. The zero-order chi connectivity index (χ0) is 14.1. The lowest BCUT2D eigenvalue weighted by atomic mass is 9.98. The minimum absolute atomic E-state index is 0. The van der Waals surface area contributed by atoms with Gasteiger partial charge in [0.15, 0.2) is 0 Å². The highest BCUT2D eigenvalue weighted by Gasteiger charge is 2.36. The molecule has 0 radical (unpaired) electrons. The van der Waals surface area contributed by atoms with Crippen LogP contribution in [0, 0.1) is 0 Å². The Labute approximate surface area is 132 Å². The number of benzene rings is 1. The summed E-state index contributed by atoms with van der Waals surface area (Å²) in [6.07, 6.45) is 4.67. The first-order chi connectivity index (χ1) is 9.67. The quantitative estimate of drug-likeness (QED) is 0.932. The molecule has 2 unspecified atom stereocenters. The van der Waals surface area contributed by atoms with Crippen molar-refractivity contribution in [3.63, 3.8) is 0 Å². The number of carbonyl (C=O) groups excluding carboxylic acids is 1. The molecule has 1 N–H and O–H groups in total. The second-order valence-electron chi connectivity index (χ2n) is 5.91. The molecule has 1 aromatic rings. The molecule has 2 fully saturated rings. The number of halogens is 1. The van der Waals surface area contributed by atoms with E-state index in [-0.39, 0.29) is 18.3 Å². The summed E-state index contributed by atoms with van der Waals surface area (Å²) in [5.41, 5.74) is 0.735. The van der Waals surface area contributed by atoms with Crippen LogP contribution < -0.4 is 10.1 Å². The molecule has 0 aliphatic carbocycles. The number of hydrogen-bond donors (Lipinski definition) is 1. The standard InChI is InChI=1S/C16H22N2O2.ClH/c1-18(14-9-12-5-6-13(10-14)17-12)16(19)11-3-7-15(20-2)8-4-11;/h3-4,7-8,12-14,17H,5-6,9-10H2,1-2H3;1H. The van der Waals surface area contributed by atoms with Gasteiger partial charge in [0.25, 0.3) is 5.91 Å². The average Bonchev–Trinajstić information content (AvgIpc) is 2.84. The number of methoxy groups -OCH3 is 1. The summed E-state index contributed by atoms with van der Waals surface area (Å²) < 4.78 is 5.13. The molecular formula is C16H23ClN2O2. The maximum atomic E-state index is 12.5. The zero-order valence-electron chi connectivity index (χ0n) is 12.5. The van der Waals surface area contributed by atoms with Gasteiger partial charge in [-0.1, -0.05) is 0 Å². The number of nitrogens with one attached hydrogen (secondary N) is 1. The van der Waals surface area contributed by atoms with Crippen LogP contribution in [0.2, 0.25) is 0 Å². The molecule has 1 aromatic carbocycles. The van der Waals surface area contributed by atoms with Crippen molar-refractivity contribution in [3.05, 3.63) is 29.8 Å². The van der Waals surface area contributed by atoms with Crippen LogP contribution in [0.3, 0.4) is 0 Å². The number of hydrogen-bond acceptors (Lipinski definition) is 3. The van der Waals surface area contributed by atoms with Gasteiger partial charge >= 0.3 is 0 Å². The number of carbonyl (C=O) groups is 1. The number of rotatable bonds is 3. The van der Waals surface area contributed by atoms with Crippen LogP contribution in [0.15, 0.2) is 24.3 Å². The molecule has 5 heteroatoms. The molecule has 2 aliphatic heterocycles. The van der Waals surface area contributed by atoms with Crippen LogP contribution in [0.5, 0.6) is 5.75 Å². The van der Waals surface area contributed by atoms with Gasteiger partial charge in [0.1, 0.15) is 5.75 Å². The third-order valence-electron chi connectivity index (χ3n) is 4.65. The molecule has 3 rings (SSSR count). The monoisotopic (exact) mass is 310 g/mol. The van der Waals surface area contributed by atoms with E-state index in [2.05, 4.69) is 5.32 Å². The molecule has 21 heavy (non-hydrogen) atoms. The van der Waals surface area contributed by atoms with E-state index in [1.807, 2.05) is 36.2 Å². The molecular weight excluding hydrogens is 288 g/mol. The lowest BCUT2D eigenvalue weighted by Crippen LogP contribution is -2.48. The number of ether oxygens (including phenoxy) is 1. The van der Waals surface area contributed by atoms with Gasteiger partial charge in [0.05, 0.1) is 7.11 Å². The molecule has 0 spiro atoms. The first-order valence-corrected chi connectivity index (χ1v) is 7.34. The summed E-state index contributed by atoms with van der Waals surface area (Å²) in [4.78, 5) is 14.5. The summed E-state index contributed by atoms with van der Waals surface area (Å²) in [5.74, 6) is 0.892. The highest BCUT2D eigenvalue weighted by atomic mass is 35.5. The number of amides is 1. The van der Waals surface area contributed by atoms with Gasteiger partial charge in [-0.05, 0) is 49.9 Å². The molecule has 2 atom stereocenters. The zero-order valence-corrected chi connectivity index (χ0v) is 13.4. The third kappa shape index (κ3) is 3.33. The second kappa shape index (κ2) is 6.67. The predicted octanol–water partition coefficient (Wildman–Crippen LogP) is 2.47. The molecule has 2 aliphatic rings. The average molecular weight is 311 g/mol. The van der Waals surface area contributed by atoms with E-state index >= 15 is 0 Å². The van der Waals surface area contributed by atoms with Crippen molar-refractivity contribution in [2.75, 3.05) is 14.2 Å². The van der Waals surface area contributed by atoms with Gasteiger partial charge in [0.2, 0.25) is 0 Å². The van der Waals surface area contributed by atoms with E-state index in [0.29, 0.717) is 18.1 Å². The minimum Gasteiger partial charge on any atom is -0.497 e. The van der Waals surface area contributed by atoms with Gasteiger partial charge in [-0.25, -0.2) is 0 Å². The Bertz CT molecular complexity index is 480. The third-order valence-corrected chi connectivity index (χ3v) is 4.65. The summed E-state index contributed by atoms with van der Waals surface area (Å²) in [6.45, 7) is 0. The van der Waals surface area contributed by atoms with Crippen LogP contribution in [0.4, 0.5) is 0 Å². The van der Waals surface area contributed by atoms with Crippen LogP contribution >= 0.6 is 12.4 Å². The van der Waals surface area contributed by atoms with E-state index in [4.69, 9.17) is 4.74 Å². The molecule has 2 heterocycles. The Morgan fingerprint density at radius 3 is 2.29 bits per heavy atom. The minimum atomic E-state index is 0. The Hall–Kier alpha value is -1.26. The first kappa shape index (κ1) is 16.1. The van der Waals surface area contributed by atoms with Crippen molar-refractivity contribution in [1.82, 2.24) is 10.2 Å². The summed E-state index contributed by atoms with van der Waals surface area (Å²) in [6, 6.07) is 8.93. The topological polar surface area (TPSA) is 41.6 Å². The Morgan fingerprint density at radius 1 is 1.19 bits per heavy atom. The fourth-order valence-electron chi connectivity index (χ4n) is 3.45. The SMILES string of the molecule is COc1ccc(C(=O)N(C)C2CC3CCC(C2)N3)cc1.Cl.